The molecule has 26 heavy (non-hydrogen) atoms. The first kappa shape index (κ1) is 18.8. The molecule has 3 rings (SSSR count). The Morgan fingerprint density at radius 3 is 2.50 bits per heavy atom. The monoisotopic (exact) mass is 375 g/mol. The molecule has 0 saturated carbocycles. The second-order valence-electron chi connectivity index (χ2n) is 6.63. The third-order valence-electron chi connectivity index (χ3n) is 4.93. The third kappa shape index (κ3) is 3.45. The van der Waals surface area contributed by atoms with E-state index in [-0.39, 0.29) is 17.8 Å². The van der Waals surface area contributed by atoms with Gasteiger partial charge in [0.25, 0.3) is 5.91 Å². The van der Waals surface area contributed by atoms with Crippen molar-refractivity contribution in [2.24, 2.45) is 5.92 Å². The quantitative estimate of drug-likeness (QED) is 0.767. The number of aromatic nitrogens is 2. The summed E-state index contributed by atoms with van der Waals surface area (Å²) in [7, 11) is 0. The number of hydrogen-bond donors (Lipinski definition) is 0. The summed E-state index contributed by atoms with van der Waals surface area (Å²) in [5.41, 5.74) is 1.89. The number of likely N-dealkylation sites (tertiary alicyclic amines) is 1. The minimum atomic E-state index is -0.143. The van der Waals surface area contributed by atoms with Crippen molar-refractivity contribution in [1.29, 1.82) is 0 Å². The van der Waals surface area contributed by atoms with Gasteiger partial charge in [0.2, 0.25) is 0 Å². The van der Waals surface area contributed by atoms with E-state index >= 15 is 0 Å². The number of thiophene rings is 1. The van der Waals surface area contributed by atoms with Crippen molar-refractivity contribution in [3.63, 3.8) is 0 Å². The maximum Gasteiger partial charge on any atom is 0.309 e. The Morgan fingerprint density at radius 1 is 1.19 bits per heavy atom. The molecule has 0 atom stereocenters. The zero-order valence-corrected chi connectivity index (χ0v) is 16.6. The number of rotatable bonds is 4. The lowest BCUT2D eigenvalue weighted by atomic mass is 9.97. The standard InChI is InChI=1S/C19H25N3O3S/c1-5-14-20-12(4)15-11(3)16(26-17(15)21-14)18(23)22-9-7-13(8-10-22)19(24)25-6-2/h13H,5-10H2,1-4H3. The number of hydrogen-bond acceptors (Lipinski definition) is 6. The molecule has 0 aliphatic carbocycles. The summed E-state index contributed by atoms with van der Waals surface area (Å²) >= 11 is 1.45. The van der Waals surface area contributed by atoms with Gasteiger partial charge in [0.15, 0.2) is 0 Å². The lowest BCUT2D eigenvalue weighted by Crippen LogP contribution is -2.40. The van der Waals surface area contributed by atoms with Gasteiger partial charge in [0.05, 0.1) is 17.4 Å². The van der Waals surface area contributed by atoms with Gasteiger partial charge in [0.1, 0.15) is 10.7 Å². The van der Waals surface area contributed by atoms with Crippen molar-refractivity contribution in [3.05, 3.63) is 22.0 Å². The first-order valence-electron chi connectivity index (χ1n) is 9.18. The lowest BCUT2D eigenvalue weighted by molar-refractivity contribution is -0.149. The van der Waals surface area contributed by atoms with E-state index in [9.17, 15) is 9.59 Å². The predicted octanol–water partition coefficient (Wildman–Crippen LogP) is 3.29. The zero-order chi connectivity index (χ0) is 18.8. The molecule has 6 nitrogen and oxygen atoms in total. The molecule has 0 bridgehead atoms. The Morgan fingerprint density at radius 2 is 1.88 bits per heavy atom. The van der Waals surface area contributed by atoms with E-state index in [1.165, 1.54) is 11.3 Å². The number of fused-ring (bicyclic) bond motifs is 1. The summed E-state index contributed by atoms with van der Waals surface area (Å²) in [6.45, 7) is 9.36. The number of carbonyl (C=O) groups is 2. The molecule has 7 heteroatoms. The van der Waals surface area contributed by atoms with E-state index < -0.39 is 0 Å². The van der Waals surface area contributed by atoms with Crippen LogP contribution in [0.1, 0.15) is 53.4 Å². The number of aryl methyl sites for hydroxylation is 3. The second-order valence-corrected chi connectivity index (χ2v) is 7.63. The summed E-state index contributed by atoms with van der Waals surface area (Å²) in [4.78, 5) is 37.5. The average molecular weight is 375 g/mol. The number of amides is 1. The van der Waals surface area contributed by atoms with Gasteiger partial charge in [-0.2, -0.15) is 0 Å². The third-order valence-corrected chi connectivity index (χ3v) is 6.10. The van der Waals surface area contributed by atoms with E-state index in [0.717, 1.165) is 38.6 Å². The molecule has 0 aromatic carbocycles. The normalized spacial score (nSPS) is 15.5. The summed E-state index contributed by atoms with van der Waals surface area (Å²) in [5, 5.41) is 0.997. The van der Waals surface area contributed by atoms with Gasteiger partial charge in [-0.3, -0.25) is 9.59 Å². The van der Waals surface area contributed by atoms with Crippen molar-refractivity contribution >= 4 is 33.4 Å². The number of esters is 1. The summed E-state index contributed by atoms with van der Waals surface area (Å²) < 4.78 is 5.10. The largest absolute Gasteiger partial charge is 0.466 e. The van der Waals surface area contributed by atoms with E-state index in [1.54, 1.807) is 0 Å². The first-order valence-corrected chi connectivity index (χ1v) is 10.00. The SMILES string of the molecule is CCOC(=O)C1CCN(C(=O)c2sc3nc(CC)nc(C)c3c2C)CC1. The molecule has 0 unspecified atom stereocenters. The molecule has 1 amide bonds. The Bertz CT molecular complexity index is 838. The minimum absolute atomic E-state index is 0.0326. The Labute approximate surface area is 157 Å². The predicted molar refractivity (Wildman–Crippen MR) is 102 cm³/mol. The molecule has 1 fully saturated rings. The number of ether oxygens (including phenoxy) is 1. The molecule has 2 aromatic heterocycles. The molecule has 0 spiro atoms. The van der Waals surface area contributed by atoms with Crippen LogP contribution in [-0.4, -0.2) is 46.4 Å². The van der Waals surface area contributed by atoms with Crippen molar-refractivity contribution < 1.29 is 14.3 Å². The molecule has 3 heterocycles. The van der Waals surface area contributed by atoms with E-state index in [4.69, 9.17) is 4.74 Å². The summed E-state index contributed by atoms with van der Waals surface area (Å²) in [5.74, 6) is 0.606. The Kier molecular flexibility index (Phi) is 5.55. The fraction of sp³-hybridized carbons (Fsp3) is 0.579. The molecule has 1 aliphatic heterocycles. The Hall–Kier alpha value is -2.02. The zero-order valence-electron chi connectivity index (χ0n) is 15.8. The summed E-state index contributed by atoms with van der Waals surface area (Å²) in [6.07, 6.45) is 2.10. The topological polar surface area (TPSA) is 72.4 Å². The van der Waals surface area contributed by atoms with E-state index in [1.807, 2.05) is 32.6 Å². The highest BCUT2D eigenvalue weighted by Gasteiger charge is 2.30. The van der Waals surface area contributed by atoms with Crippen LogP contribution < -0.4 is 0 Å². The highest BCUT2D eigenvalue weighted by Crippen LogP contribution is 2.33. The highest BCUT2D eigenvalue weighted by molar-refractivity contribution is 7.20. The maximum absolute atomic E-state index is 13.0. The van der Waals surface area contributed by atoms with Gasteiger partial charge in [-0.05, 0) is 39.2 Å². The van der Waals surface area contributed by atoms with Gasteiger partial charge >= 0.3 is 5.97 Å². The molecule has 140 valence electrons. The fourth-order valence-electron chi connectivity index (χ4n) is 3.48. The first-order chi connectivity index (χ1) is 12.5. The van der Waals surface area contributed by atoms with Crippen LogP contribution in [0.15, 0.2) is 0 Å². The van der Waals surface area contributed by atoms with E-state index in [0.29, 0.717) is 32.5 Å². The minimum Gasteiger partial charge on any atom is -0.466 e. The average Bonchev–Trinajstić information content (AvgIpc) is 2.98. The van der Waals surface area contributed by atoms with Crippen molar-refractivity contribution in [3.8, 4) is 0 Å². The van der Waals surface area contributed by atoms with Crippen LogP contribution in [0.4, 0.5) is 0 Å². The van der Waals surface area contributed by atoms with Crippen LogP contribution in [0.5, 0.6) is 0 Å². The fourth-order valence-corrected chi connectivity index (χ4v) is 4.70. The van der Waals surface area contributed by atoms with Crippen molar-refractivity contribution in [1.82, 2.24) is 14.9 Å². The van der Waals surface area contributed by atoms with Gasteiger partial charge in [-0.25, -0.2) is 9.97 Å². The van der Waals surface area contributed by atoms with Gasteiger partial charge < -0.3 is 9.64 Å². The molecular weight excluding hydrogens is 350 g/mol. The van der Waals surface area contributed by atoms with Crippen LogP contribution in [0.25, 0.3) is 10.2 Å². The molecule has 0 radical (unpaired) electrons. The van der Waals surface area contributed by atoms with Gasteiger partial charge in [0, 0.05) is 30.6 Å². The van der Waals surface area contributed by atoms with Gasteiger partial charge in [-0.15, -0.1) is 11.3 Å². The lowest BCUT2D eigenvalue weighted by Gasteiger charge is -2.30. The van der Waals surface area contributed by atoms with Crippen LogP contribution in [0, 0.1) is 19.8 Å². The Balaban J connectivity index is 1.80. The van der Waals surface area contributed by atoms with Crippen molar-refractivity contribution in [2.75, 3.05) is 19.7 Å². The van der Waals surface area contributed by atoms with Crippen LogP contribution >= 0.6 is 11.3 Å². The van der Waals surface area contributed by atoms with Crippen LogP contribution in [-0.2, 0) is 16.0 Å². The van der Waals surface area contributed by atoms with Crippen LogP contribution in [0.2, 0.25) is 0 Å². The molecule has 1 saturated heterocycles. The number of carbonyl (C=O) groups excluding carboxylic acids is 2. The van der Waals surface area contributed by atoms with Gasteiger partial charge in [-0.1, -0.05) is 6.92 Å². The molecular formula is C19H25N3O3S. The van der Waals surface area contributed by atoms with E-state index in [2.05, 4.69) is 9.97 Å². The molecule has 0 N–H and O–H groups in total. The number of piperidine rings is 1. The highest BCUT2D eigenvalue weighted by atomic mass is 32.1. The second kappa shape index (κ2) is 7.70. The summed E-state index contributed by atoms with van der Waals surface area (Å²) in [6, 6.07) is 0. The molecule has 1 aliphatic rings. The van der Waals surface area contributed by atoms with Crippen molar-refractivity contribution in [2.45, 2.75) is 47.0 Å². The smallest absolute Gasteiger partial charge is 0.309 e. The number of nitrogens with zero attached hydrogens (tertiary/aromatic N) is 3. The maximum atomic E-state index is 13.0. The molecule has 2 aromatic rings. The van der Waals surface area contributed by atoms with Crippen LogP contribution in [0.3, 0.4) is 0 Å².